The standard InChI is InChI=1S/C16H15F3N4.CH2O2/c17-16(18,19)13-4-1-3-12(11-13)15-22-8-10-23(15)9-2-5-14-20-6-7-21-14;2-1-3/h1,3-4,6-8,10-11H,2,5,9H2,(H,20,21);1H,(H,2,3). The largest absolute Gasteiger partial charge is 0.483 e. The molecule has 0 radical (unpaired) electrons. The molecule has 0 bridgehead atoms. The minimum absolute atomic E-state index is 0.250. The fraction of sp³-hybridized carbons (Fsp3) is 0.235. The van der Waals surface area contributed by atoms with Crippen molar-refractivity contribution < 1.29 is 23.1 Å². The third-order valence-corrected chi connectivity index (χ3v) is 3.53. The number of H-pyrrole nitrogens is 1. The highest BCUT2D eigenvalue weighted by atomic mass is 19.4. The van der Waals surface area contributed by atoms with E-state index in [0.29, 0.717) is 17.9 Å². The molecule has 0 spiro atoms. The van der Waals surface area contributed by atoms with Gasteiger partial charge in [-0.05, 0) is 18.6 Å². The molecule has 0 saturated heterocycles. The third kappa shape index (κ3) is 5.20. The van der Waals surface area contributed by atoms with Crippen molar-refractivity contribution in [3.63, 3.8) is 0 Å². The first-order valence-corrected chi connectivity index (χ1v) is 7.70. The molecule has 0 fully saturated rings. The van der Waals surface area contributed by atoms with Gasteiger partial charge in [-0.3, -0.25) is 4.79 Å². The van der Waals surface area contributed by atoms with Gasteiger partial charge >= 0.3 is 6.18 Å². The van der Waals surface area contributed by atoms with E-state index in [4.69, 9.17) is 9.90 Å². The molecule has 0 aliphatic carbocycles. The number of aryl methyl sites for hydroxylation is 2. The van der Waals surface area contributed by atoms with E-state index in [2.05, 4.69) is 15.0 Å². The Morgan fingerprint density at radius 1 is 1.23 bits per heavy atom. The maximum Gasteiger partial charge on any atom is 0.416 e. The first kappa shape index (κ1) is 19.2. The second-order valence-electron chi connectivity index (χ2n) is 5.27. The van der Waals surface area contributed by atoms with Crippen LogP contribution in [0.3, 0.4) is 0 Å². The van der Waals surface area contributed by atoms with Crippen LogP contribution in [0.1, 0.15) is 17.8 Å². The molecule has 138 valence electrons. The zero-order chi connectivity index (χ0) is 19.0. The lowest BCUT2D eigenvalue weighted by atomic mass is 10.1. The van der Waals surface area contributed by atoms with Crippen molar-refractivity contribution in [3.05, 3.63) is 60.4 Å². The number of aromatic amines is 1. The summed E-state index contributed by atoms with van der Waals surface area (Å²) in [5, 5.41) is 6.89. The minimum atomic E-state index is -4.35. The molecule has 9 heteroatoms. The van der Waals surface area contributed by atoms with Gasteiger partial charge in [-0.25, -0.2) is 9.97 Å². The van der Waals surface area contributed by atoms with Crippen LogP contribution in [0, 0.1) is 0 Å². The summed E-state index contributed by atoms with van der Waals surface area (Å²) >= 11 is 0. The van der Waals surface area contributed by atoms with Crippen LogP contribution in [0.25, 0.3) is 11.4 Å². The van der Waals surface area contributed by atoms with Gasteiger partial charge in [-0.2, -0.15) is 13.2 Å². The molecule has 3 aromatic rings. The number of hydrogen-bond acceptors (Lipinski definition) is 3. The van der Waals surface area contributed by atoms with E-state index in [1.165, 1.54) is 6.07 Å². The monoisotopic (exact) mass is 366 g/mol. The van der Waals surface area contributed by atoms with E-state index in [1.54, 1.807) is 30.9 Å². The summed E-state index contributed by atoms with van der Waals surface area (Å²) in [6.07, 6.45) is 4.07. The van der Waals surface area contributed by atoms with Crippen molar-refractivity contribution in [2.75, 3.05) is 0 Å². The van der Waals surface area contributed by atoms with Gasteiger partial charge in [0.25, 0.3) is 6.47 Å². The second kappa shape index (κ2) is 8.84. The average molecular weight is 366 g/mol. The fourth-order valence-corrected chi connectivity index (χ4v) is 2.44. The number of nitrogens with one attached hydrogen (secondary N) is 1. The van der Waals surface area contributed by atoms with Crippen LogP contribution >= 0.6 is 0 Å². The molecule has 26 heavy (non-hydrogen) atoms. The Hall–Kier alpha value is -3.10. The van der Waals surface area contributed by atoms with E-state index >= 15 is 0 Å². The van der Waals surface area contributed by atoms with Crippen LogP contribution < -0.4 is 0 Å². The maximum absolute atomic E-state index is 12.8. The molecule has 0 amide bonds. The zero-order valence-corrected chi connectivity index (χ0v) is 13.6. The lowest BCUT2D eigenvalue weighted by Gasteiger charge is -2.10. The second-order valence-corrected chi connectivity index (χ2v) is 5.27. The number of carbonyl (C=O) groups is 1. The number of alkyl halides is 3. The Morgan fingerprint density at radius 2 is 2.00 bits per heavy atom. The molecular weight excluding hydrogens is 349 g/mol. The van der Waals surface area contributed by atoms with Gasteiger partial charge in [-0.15, -0.1) is 0 Å². The Labute approximate surface area is 147 Å². The van der Waals surface area contributed by atoms with Crippen molar-refractivity contribution in [2.45, 2.75) is 25.6 Å². The Morgan fingerprint density at radius 3 is 2.65 bits per heavy atom. The third-order valence-electron chi connectivity index (χ3n) is 3.53. The van der Waals surface area contributed by atoms with Gasteiger partial charge in [0.1, 0.15) is 11.6 Å². The topological polar surface area (TPSA) is 83.8 Å². The molecule has 3 rings (SSSR count). The Bertz CT molecular complexity index is 814. The van der Waals surface area contributed by atoms with Crippen LogP contribution in [0.5, 0.6) is 0 Å². The predicted octanol–water partition coefficient (Wildman–Crippen LogP) is 3.63. The summed E-state index contributed by atoms with van der Waals surface area (Å²) in [5.41, 5.74) is -0.206. The molecule has 0 aliphatic heterocycles. The van der Waals surface area contributed by atoms with Gasteiger partial charge in [0, 0.05) is 43.3 Å². The van der Waals surface area contributed by atoms with Crippen molar-refractivity contribution in [1.29, 1.82) is 0 Å². The number of benzene rings is 1. The van der Waals surface area contributed by atoms with Crippen molar-refractivity contribution in [1.82, 2.24) is 19.5 Å². The SMILES string of the molecule is FC(F)(F)c1cccc(-c2nccn2CCCc2ncc[nH]2)c1.O=CO. The molecule has 1 aromatic carbocycles. The number of halogens is 3. The van der Waals surface area contributed by atoms with Gasteiger partial charge < -0.3 is 14.7 Å². The van der Waals surface area contributed by atoms with Crippen LogP contribution in [0.2, 0.25) is 0 Å². The smallest absolute Gasteiger partial charge is 0.416 e. The lowest BCUT2D eigenvalue weighted by molar-refractivity contribution is -0.137. The van der Waals surface area contributed by atoms with E-state index < -0.39 is 11.7 Å². The zero-order valence-electron chi connectivity index (χ0n) is 13.6. The van der Waals surface area contributed by atoms with Crippen LogP contribution in [0.4, 0.5) is 13.2 Å². The number of imidazole rings is 2. The Balaban J connectivity index is 0.000000758. The van der Waals surface area contributed by atoms with E-state index in [-0.39, 0.29) is 6.47 Å². The summed E-state index contributed by atoms with van der Waals surface area (Å²) in [6.45, 7) is 0.409. The summed E-state index contributed by atoms with van der Waals surface area (Å²) < 4.78 is 40.4. The summed E-state index contributed by atoms with van der Waals surface area (Å²) in [7, 11) is 0. The normalized spacial score (nSPS) is 10.9. The quantitative estimate of drug-likeness (QED) is 0.676. The minimum Gasteiger partial charge on any atom is -0.483 e. The molecule has 0 aliphatic rings. The van der Waals surface area contributed by atoms with Crippen LogP contribution in [-0.2, 0) is 23.9 Å². The van der Waals surface area contributed by atoms with Crippen molar-refractivity contribution in [2.24, 2.45) is 0 Å². The molecule has 0 saturated carbocycles. The molecule has 6 nitrogen and oxygen atoms in total. The van der Waals surface area contributed by atoms with Gasteiger partial charge in [-0.1, -0.05) is 12.1 Å². The number of hydrogen-bond donors (Lipinski definition) is 2. The maximum atomic E-state index is 12.8. The number of nitrogens with zero attached hydrogens (tertiary/aromatic N) is 3. The number of aromatic nitrogens is 4. The van der Waals surface area contributed by atoms with E-state index in [1.807, 2.05) is 4.57 Å². The van der Waals surface area contributed by atoms with Crippen LogP contribution in [0.15, 0.2) is 49.1 Å². The van der Waals surface area contributed by atoms with Crippen molar-refractivity contribution >= 4 is 6.47 Å². The highest BCUT2D eigenvalue weighted by Crippen LogP contribution is 2.31. The summed E-state index contributed by atoms with van der Waals surface area (Å²) in [5.74, 6) is 1.43. The number of rotatable bonds is 5. The van der Waals surface area contributed by atoms with Gasteiger partial charge in [0.05, 0.1) is 5.56 Å². The predicted molar refractivity (Wildman–Crippen MR) is 88.3 cm³/mol. The van der Waals surface area contributed by atoms with Crippen molar-refractivity contribution in [3.8, 4) is 11.4 Å². The van der Waals surface area contributed by atoms with Gasteiger partial charge in [0.2, 0.25) is 0 Å². The summed E-state index contributed by atoms with van der Waals surface area (Å²) in [4.78, 5) is 19.7. The first-order chi connectivity index (χ1) is 12.5. The summed E-state index contributed by atoms with van der Waals surface area (Å²) in [6, 6.07) is 5.24. The molecule has 0 atom stereocenters. The van der Waals surface area contributed by atoms with Crippen LogP contribution in [-0.4, -0.2) is 31.1 Å². The molecule has 2 N–H and O–H groups in total. The molecule has 2 aromatic heterocycles. The van der Waals surface area contributed by atoms with E-state index in [9.17, 15) is 13.2 Å². The first-order valence-electron chi connectivity index (χ1n) is 7.70. The highest BCUT2D eigenvalue weighted by Gasteiger charge is 2.30. The average Bonchev–Trinajstić information content (AvgIpc) is 3.27. The highest BCUT2D eigenvalue weighted by molar-refractivity contribution is 5.57. The number of carboxylic acid groups (broad SMARTS) is 1. The van der Waals surface area contributed by atoms with Gasteiger partial charge in [0.15, 0.2) is 0 Å². The van der Waals surface area contributed by atoms with E-state index in [0.717, 1.165) is 30.8 Å². The lowest BCUT2D eigenvalue weighted by Crippen LogP contribution is -2.06. The molecule has 2 heterocycles. The molecule has 0 unspecified atom stereocenters. The Kier molecular flexibility index (Phi) is 6.54. The molecular formula is C17H17F3N4O2. The fourth-order valence-electron chi connectivity index (χ4n) is 2.44.